The highest BCUT2D eigenvalue weighted by Gasteiger charge is 2.15. The predicted octanol–water partition coefficient (Wildman–Crippen LogP) is 5.14. The summed E-state index contributed by atoms with van der Waals surface area (Å²) in [7, 11) is 0. The zero-order chi connectivity index (χ0) is 24.0. The quantitative estimate of drug-likeness (QED) is 0.341. The Kier molecular flexibility index (Phi) is 6.34. The lowest BCUT2D eigenvalue weighted by molar-refractivity contribution is -0.116. The molecule has 174 valence electrons. The van der Waals surface area contributed by atoms with Crippen molar-refractivity contribution in [3.8, 4) is 17.5 Å². The average molecular weight is 466 g/mol. The van der Waals surface area contributed by atoms with Crippen molar-refractivity contribution in [1.82, 2.24) is 19.5 Å². The number of benzene rings is 3. The van der Waals surface area contributed by atoms with Gasteiger partial charge in [-0.05, 0) is 61.0 Å². The highest BCUT2D eigenvalue weighted by molar-refractivity contribution is 5.92. The average Bonchev–Trinajstić information content (AvgIpc) is 3.23. The van der Waals surface area contributed by atoms with Crippen LogP contribution in [-0.2, 0) is 17.9 Å². The molecular weight excluding hydrogens is 442 g/mol. The lowest BCUT2D eigenvalue weighted by atomic mass is 10.2. The molecule has 8 nitrogen and oxygen atoms in total. The monoisotopic (exact) mass is 465 g/mol. The minimum atomic E-state index is -0.169. The van der Waals surface area contributed by atoms with E-state index in [2.05, 4.69) is 20.3 Å². The summed E-state index contributed by atoms with van der Waals surface area (Å²) in [4.78, 5) is 25.8. The third kappa shape index (κ3) is 5.27. The summed E-state index contributed by atoms with van der Waals surface area (Å²) in [5.74, 6) is 1.84. The molecule has 1 N–H and O–H groups in total. The fraction of sp³-hybridized carbons (Fsp3) is 0.111. The zero-order valence-electron chi connectivity index (χ0n) is 19.1. The first-order chi connectivity index (χ1) is 17.2. The standard InChI is InChI=1S/C27H23N5O3/c1-19-16-21(35-27-28-14-7-15-29-27)12-13-22(19)31-26(33)17-32-24-11-6-5-10-23(24)30-25(32)18-34-20-8-3-2-4-9-20/h2-16H,17-18H2,1H3,(H,31,33). The van der Waals surface area contributed by atoms with Crippen molar-refractivity contribution in [3.05, 3.63) is 103 Å². The molecule has 0 fully saturated rings. The van der Waals surface area contributed by atoms with Gasteiger partial charge in [0.2, 0.25) is 5.91 Å². The molecule has 0 aliphatic carbocycles. The van der Waals surface area contributed by atoms with Gasteiger partial charge in [0, 0.05) is 18.1 Å². The minimum Gasteiger partial charge on any atom is -0.486 e. The van der Waals surface area contributed by atoms with Crippen molar-refractivity contribution in [1.29, 1.82) is 0 Å². The number of anilines is 1. The molecule has 0 aliphatic heterocycles. The van der Waals surface area contributed by atoms with Crippen LogP contribution in [0.3, 0.4) is 0 Å². The maximum Gasteiger partial charge on any atom is 0.321 e. The van der Waals surface area contributed by atoms with Gasteiger partial charge in [-0.3, -0.25) is 4.79 Å². The topological polar surface area (TPSA) is 91.2 Å². The van der Waals surface area contributed by atoms with Crippen molar-refractivity contribution in [2.75, 3.05) is 5.32 Å². The number of amides is 1. The van der Waals surface area contributed by atoms with Gasteiger partial charge in [-0.15, -0.1) is 0 Å². The summed E-state index contributed by atoms with van der Waals surface area (Å²) in [6.45, 7) is 2.25. The van der Waals surface area contributed by atoms with Gasteiger partial charge in [0.25, 0.3) is 0 Å². The molecule has 0 spiro atoms. The number of nitrogens with one attached hydrogen (secondary N) is 1. The highest BCUT2D eigenvalue weighted by atomic mass is 16.5. The Morgan fingerprint density at radius 2 is 1.69 bits per heavy atom. The number of ether oxygens (including phenoxy) is 2. The zero-order valence-corrected chi connectivity index (χ0v) is 19.1. The molecule has 0 aliphatic rings. The van der Waals surface area contributed by atoms with E-state index < -0.39 is 0 Å². The largest absolute Gasteiger partial charge is 0.486 e. The fourth-order valence-corrected chi connectivity index (χ4v) is 3.69. The van der Waals surface area contributed by atoms with E-state index >= 15 is 0 Å². The third-order valence-electron chi connectivity index (χ3n) is 5.37. The summed E-state index contributed by atoms with van der Waals surface area (Å²) in [5, 5.41) is 2.99. The number of imidazole rings is 1. The molecule has 5 rings (SSSR count). The normalized spacial score (nSPS) is 10.8. The summed E-state index contributed by atoms with van der Waals surface area (Å²) in [6, 6.07) is 24.7. The highest BCUT2D eigenvalue weighted by Crippen LogP contribution is 2.25. The van der Waals surface area contributed by atoms with E-state index in [0.29, 0.717) is 17.3 Å². The number of aromatic nitrogens is 4. The Balaban J connectivity index is 1.31. The second-order valence-electron chi connectivity index (χ2n) is 7.86. The van der Waals surface area contributed by atoms with E-state index in [1.54, 1.807) is 30.6 Å². The van der Waals surface area contributed by atoms with Gasteiger partial charge in [-0.1, -0.05) is 30.3 Å². The number of nitrogens with zero attached hydrogens (tertiary/aromatic N) is 4. The molecule has 8 heteroatoms. The molecule has 0 bridgehead atoms. The Bertz CT molecular complexity index is 1450. The van der Waals surface area contributed by atoms with Crippen molar-refractivity contribution in [2.45, 2.75) is 20.1 Å². The summed E-state index contributed by atoms with van der Waals surface area (Å²) in [5.41, 5.74) is 3.24. The van der Waals surface area contributed by atoms with Gasteiger partial charge < -0.3 is 19.4 Å². The fourth-order valence-electron chi connectivity index (χ4n) is 3.69. The molecule has 0 saturated heterocycles. The van der Waals surface area contributed by atoms with Gasteiger partial charge in [0.1, 0.15) is 30.5 Å². The van der Waals surface area contributed by atoms with E-state index in [-0.39, 0.29) is 25.1 Å². The molecule has 3 aromatic carbocycles. The maximum absolute atomic E-state index is 13.0. The number of fused-ring (bicyclic) bond motifs is 1. The third-order valence-corrected chi connectivity index (χ3v) is 5.37. The minimum absolute atomic E-state index is 0.101. The van der Waals surface area contributed by atoms with Gasteiger partial charge in [0.05, 0.1) is 11.0 Å². The van der Waals surface area contributed by atoms with Crippen LogP contribution in [0.15, 0.2) is 91.3 Å². The molecule has 5 aromatic rings. The number of hydrogen-bond acceptors (Lipinski definition) is 6. The van der Waals surface area contributed by atoms with Gasteiger partial charge in [0.15, 0.2) is 0 Å². The summed E-state index contributed by atoms with van der Waals surface area (Å²) < 4.78 is 13.5. The van der Waals surface area contributed by atoms with Gasteiger partial charge in [-0.25, -0.2) is 15.0 Å². The van der Waals surface area contributed by atoms with Crippen LogP contribution in [0.4, 0.5) is 5.69 Å². The first kappa shape index (κ1) is 22.1. The summed E-state index contributed by atoms with van der Waals surface area (Å²) >= 11 is 0. The molecule has 1 amide bonds. The second-order valence-corrected chi connectivity index (χ2v) is 7.86. The molecule has 2 heterocycles. The SMILES string of the molecule is Cc1cc(Oc2ncccn2)ccc1NC(=O)Cn1c(COc2ccccc2)nc2ccccc21. The number of para-hydroxylation sites is 3. The van der Waals surface area contributed by atoms with E-state index in [9.17, 15) is 4.79 Å². The molecule has 0 radical (unpaired) electrons. The Labute approximate surface area is 202 Å². The second kappa shape index (κ2) is 10.0. The molecular formula is C27H23N5O3. The van der Waals surface area contributed by atoms with Crippen LogP contribution >= 0.6 is 0 Å². The molecule has 35 heavy (non-hydrogen) atoms. The van der Waals surface area contributed by atoms with Crippen LogP contribution in [0.25, 0.3) is 11.0 Å². The number of aryl methyl sites for hydroxylation is 1. The number of carbonyl (C=O) groups excluding carboxylic acids is 1. The van der Waals surface area contributed by atoms with Gasteiger partial charge >= 0.3 is 6.01 Å². The van der Waals surface area contributed by atoms with Crippen molar-refractivity contribution >= 4 is 22.6 Å². The van der Waals surface area contributed by atoms with Crippen LogP contribution in [-0.4, -0.2) is 25.4 Å². The Morgan fingerprint density at radius 3 is 2.49 bits per heavy atom. The van der Waals surface area contributed by atoms with Crippen molar-refractivity contribution in [3.63, 3.8) is 0 Å². The van der Waals surface area contributed by atoms with Crippen LogP contribution in [0, 0.1) is 6.92 Å². The van der Waals surface area contributed by atoms with Crippen LogP contribution < -0.4 is 14.8 Å². The lowest BCUT2D eigenvalue weighted by Crippen LogP contribution is -2.21. The number of carbonyl (C=O) groups is 1. The Morgan fingerprint density at radius 1 is 0.914 bits per heavy atom. The molecule has 0 atom stereocenters. The van der Waals surface area contributed by atoms with E-state index in [1.807, 2.05) is 72.2 Å². The van der Waals surface area contributed by atoms with Crippen LogP contribution in [0.5, 0.6) is 17.5 Å². The van der Waals surface area contributed by atoms with Gasteiger partial charge in [-0.2, -0.15) is 0 Å². The smallest absolute Gasteiger partial charge is 0.321 e. The molecule has 0 saturated carbocycles. The van der Waals surface area contributed by atoms with E-state index in [4.69, 9.17) is 9.47 Å². The lowest BCUT2D eigenvalue weighted by Gasteiger charge is -2.13. The van der Waals surface area contributed by atoms with Crippen LogP contribution in [0.2, 0.25) is 0 Å². The molecule has 0 unspecified atom stereocenters. The van der Waals surface area contributed by atoms with Crippen LogP contribution in [0.1, 0.15) is 11.4 Å². The first-order valence-corrected chi connectivity index (χ1v) is 11.1. The predicted molar refractivity (Wildman–Crippen MR) is 132 cm³/mol. The van der Waals surface area contributed by atoms with Crippen molar-refractivity contribution in [2.24, 2.45) is 0 Å². The number of hydrogen-bond donors (Lipinski definition) is 1. The summed E-state index contributed by atoms with van der Waals surface area (Å²) in [6.07, 6.45) is 3.23. The van der Waals surface area contributed by atoms with Crippen molar-refractivity contribution < 1.29 is 14.3 Å². The Hall–Kier alpha value is -4.72. The van der Waals surface area contributed by atoms with E-state index in [0.717, 1.165) is 22.3 Å². The van der Waals surface area contributed by atoms with E-state index in [1.165, 1.54) is 0 Å². The molecule has 2 aromatic heterocycles. The number of rotatable bonds is 8. The first-order valence-electron chi connectivity index (χ1n) is 11.1. The maximum atomic E-state index is 13.0.